The molecule has 11 heteroatoms. The molecule has 0 fully saturated rings. The Hall–Kier alpha value is -2.58. The van der Waals surface area contributed by atoms with E-state index in [1.807, 2.05) is 31.2 Å². The first kappa shape index (κ1) is 27.0. The highest BCUT2D eigenvalue weighted by molar-refractivity contribution is 6.55. The van der Waals surface area contributed by atoms with Gasteiger partial charge in [0, 0.05) is 30.2 Å². The summed E-state index contributed by atoms with van der Waals surface area (Å²) in [4.78, 5) is 5.20. The summed E-state index contributed by atoms with van der Waals surface area (Å²) in [7, 11) is 0. The van der Waals surface area contributed by atoms with E-state index in [0.29, 0.717) is 64.9 Å². The summed E-state index contributed by atoms with van der Waals surface area (Å²) in [6.45, 7) is 3.29. The third-order valence-corrected chi connectivity index (χ3v) is 5.23. The predicted octanol–water partition coefficient (Wildman–Crippen LogP) is 7.32. The molecule has 0 unspecified atom stereocenters. The second-order valence-corrected chi connectivity index (χ2v) is 8.66. The van der Waals surface area contributed by atoms with Gasteiger partial charge in [-0.25, -0.2) is 0 Å². The normalized spacial score (nSPS) is 11.2. The Morgan fingerprint density at radius 3 is 2.31 bits per heavy atom. The molecule has 0 aliphatic carbocycles. The van der Waals surface area contributed by atoms with Crippen LogP contribution in [0.2, 0.25) is 10.0 Å². The van der Waals surface area contributed by atoms with Gasteiger partial charge >= 0.3 is 0 Å². The van der Waals surface area contributed by atoms with Gasteiger partial charge in [0.05, 0.1) is 23.3 Å². The molecule has 0 aliphatic rings. The maximum atomic E-state index is 6.28. The molecule has 3 rings (SSSR count). The minimum atomic E-state index is 0.118. The van der Waals surface area contributed by atoms with Gasteiger partial charge in [0.25, 0.3) is 0 Å². The van der Waals surface area contributed by atoms with Crippen molar-refractivity contribution in [2.45, 2.75) is 13.3 Å². The number of hydrogen-bond donors (Lipinski definition) is 0. The van der Waals surface area contributed by atoms with Crippen LogP contribution in [0.15, 0.2) is 69.0 Å². The molecule has 0 N–H and O–H groups in total. The van der Waals surface area contributed by atoms with Crippen LogP contribution in [0.3, 0.4) is 0 Å². The molecule has 1 heterocycles. The molecule has 0 spiro atoms. The van der Waals surface area contributed by atoms with Crippen LogP contribution in [0, 0.1) is 0 Å². The Morgan fingerprint density at radius 2 is 1.69 bits per heavy atom. The van der Waals surface area contributed by atoms with E-state index in [0.717, 1.165) is 5.56 Å². The molecular weight excluding hydrogens is 538 g/mol. The summed E-state index contributed by atoms with van der Waals surface area (Å²) in [5.41, 5.74) is 1.98. The van der Waals surface area contributed by atoms with Crippen LogP contribution < -0.4 is 14.2 Å². The Bertz CT molecular complexity index is 1110. The van der Waals surface area contributed by atoms with Crippen molar-refractivity contribution in [1.29, 1.82) is 0 Å². The maximum absolute atomic E-state index is 6.28. The topological polar surface area (TPSA) is 75.3 Å². The van der Waals surface area contributed by atoms with Crippen LogP contribution in [-0.4, -0.2) is 37.3 Å². The molecule has 1 aromatic heterocycles. The van der Waals surface area contributed by atoms with E-state index in [2.05, 4.69) is 10.3 Å². The summed E-state index contributed by atoms with van der Waals surface area (Å²) in [5.74, 6) is 1.56. The van der Waals surface area contributed by atoms with E-state index in [9.17, 15) is 0 Å². The van der Waals surface area contributed by atoms with Gasteiger partial charge in [-0.15, -0.1) is 0 Å². The molecule has 0 bridgehead atoms. The van der Waals surface area contributed by atoms with Crippen LogP contribution in [0.25, 0.3) is 0 Å². The maximum Gasteiger partial charge on any atom is 0.156 e. The van der Waals surface area contributed by atoms with Gasteiger partial charge in [-0.3, -0.25) is 0 Å². The van der Waals surface area contributed by atoms with Crippen LogP contribution in [0.4, 0.5) is 0 Å². The van der Waals surface area contributed by atoms with Crippen LogP contribution in [0.1, 0.15) is 24.6 Å². The van der Waals surface area contributed by atoms with Crippen molar-refractivity contribution in [3.05, 3.63) is 80.6 Å². The molecule has 0 radical (unpaired) electrons. The number of hydrogen-bond acceptors (Lipinski definition) is 7. The van der Waals surface area contributed by atoms with E-state index >= 15 is 0 Å². The zero-order chi connectivity index (χ0) is 25.0. The summed E-state index contributed by atoms with van der Waals surface area (Å²) in [6, 6.07) is 12.4. The Morgan fingerprint density at radius 1 is 0.971 bits per heavy atom. The van der Waals surface area contributed by atoms with Gasteiger partial charge in [-0.2, -0.15) is 0 Å². The van der Waals surface area contributed by atoms with E-state index < -0.39 is 0 Å². The summed E-state index contributed by atoms with van der Waals surface area (Å²) >= 11 is 23.7. The van der Waals surface area contributed by atoms with Gasteiger partial charge in [-0.1, -0.05) is 56.7 Å². The second-order valence-electron chi connectivity index (χ2n) is 6.84. The molecule has 0 saturated heterocycles. The molecule has 35 heavy (non-hydrogen) atoms. The second kappa shape index (κ2) is 14.1. The van der Waals surface area contributed by atoms with Crippen LogP contribution in [0.5, 0.6) is 17.2 Å². The largest absolute Gasteiger partial charge is 0.493 e. The minimum absolute atomic E-state index is 0.118. The molecule has 0 atom stereocenters. The van der Waals surface area contributed by atoms with Gasteiger partial charge in [-0.05, 0) is 37.3 Å². The molecule has 2 aromatic carbocycles. The number of ether oxygens (including phenoxy) is 3. The lowest BCUT2D eigenvalue weighted by atomic mass is 10.1. The zero-order valence-corrected chi connectivity index (χ0v) is 21.7. The van der Waals surface area contributed by atoms with Crippen molar-refractivity contribution >= 4 is 52.1 Å². The van der Waals surface area contributed by atoms with Gasteiger partial charge < -0.3 is 23.6 Å². The molecule has 7 nitrogen and oxygen atoms in total. The highest BCUT2D eigenvalue weighted by Crippen LogP contribution is 2.37. The average Bonchev–Trinajstić information content (AvgIpc) is 3.36. The summed E-state index contributed by atoms with van der Waals surface area (Å²) in [6.07, 6.45) is 3.60. The third-order valence-electron chi connectivity index (χ3n) is 4.36. The number of rotatable bonds is 13. The Kier molecular flexibility index (Phi) is 10.9. The average molecular weight is 560 g/mol. The highest BCUT2D eigenvalue weighted by atomic mass is 35.5. The number of nitrogens with zero attached hydrogens (tertiary/aromatic N) is 2. The van der Waals surface area contributed by atoms with Gasteiger partial charge in [0.15, 0.2) is 5.75 Å². The minimum Gasteiger partial charge on any atom is -0.493 e. The lowest BCUT2D eigenvalue weighted by Gasteiger charge is -2.13. The fourth-order valence-corrected chi connectivity index (χ4v) is 3.50. The summed E-state index contributed by atoms with van der Waals surface area (Å²) in [5, 5.41) is 8.74. The van der Waals surface area contributed by atoms with Crippen LogP contribution >= 0.6 is 46.4 Å². The summed E-state index contributed by atoms with van der Waals surface area (Å²) < 4.78 is 22.0. The van der Waals surface area contributed by atoms with Crippen molar-refractivity contribution < 1.29 is 23.6 Å². The molecule has 0 amide bonds. The van der Waals surface area contributed by atoms with Crippen molar-refractivity contribution in [2.24, 2.45) is 5.16 Å². The number of oxime groups is 1. The van der Waals surface area contributed by atoms with Crippen molar-refractivity contribution in [3.8, 4) is 17.2 Å². The molecule has 0 aliphatic heterocycles. The number of benzene rings is 2. The first-order valence-corrected chi connectivity index (χ1v) is 12.1. The van der Waals surface area contributed by atoms with E-state index in [-0.39, 0.29) is 11.1 Å². The molecular formula is C24H22Cl4N2O5. The fourth-order valence-electron chi connectivity index (χ4n) is 2.80. The number of aromatic nitrogens is 1. The first-order chi connectivity index (χ1) is 17.0. The van der Waals surface area contributed by atoms with Crippen molar-refractivity contribution in [1.82, 2.24) is 5.16 Å². The van der Waals surface area contributed by atoms with E-state index in [4.69, 9.17) is 70.0 Å². The van der Waals surface area contributed by atoms with E-state index in [1.165, 1.54) is 12.3 Å². The lowest BCUT2D eigenvalue weighted by molar-refractivity contribution is 0.159. The molecule has 0 saturated carbocycles. The lowest BCUT2D eigenvalue weighted by Crippen LogP contribution is -2.07. The molecule has 186 valence electrons. The van der Waals surface area contributed by atoms with Crippen molar-refractivity contribution in [3.63, 3.8) is 0 Å². The quantitative estimate of drug-likeness (QED) is 0.124. The van der Waals surface area contributed by atoms with Crippen LogP contribution in [-0.2, 0) is 4.84 Å². The van der Waals surface area contributed by atoms with Crippen molar-refractivity contribution in [2.75, 3.05) is 26.4 Å². The zero-order valence-electron chi connectivity index (χ0n) is 18.7. The van der Waals surface area contributed by atoms with E-state index in [1.54, 1.807) is 18.2 Å². The SMILES string of the molecule is CCO/N=C(\c1ccc(OCCCOc2c(Cl)cc(OCC=C(Cl)Cl)cc2Cl)cc1)c1ccon1. The Balaban J connectivity index is 1.48. The van der Waals surface area contributed by atoms with Gasteiger partial charge in [0.2, 0.25) is 0 Å². The predicted molar refractivity (Wildman–Crippen MR) is 138 cm³/mol. The third kappa shape index (κ3) is 8.54. The Labute approximate surface area is 223 Å². The highest BCUT2D eigenvalue weighted by Gasteiger charge is 2.13. The first-order valence-electron chi connectivity index (χ1n) is 10.6. The smallest absolute Gasteiger partial charge is 0.156 e. The molecule has 3 aromatic rings. The standard InChI is InChI=1S/C24H22Cl4N2O5/c1-2-34-30-23(21-8-13-35-29-21)16-4-6-17(7-5-16)31-10-3-11-33-24-19(25)14-18(15-20(24)26)32-12-9-22(27)28/h4-9,13-15H,2-3,10-12H2,1H3/b30-23+. The number of halogens is 4. The van der Waals surface area contributed by atoms with Gasteiger partial charge in [0.1, 0.15) is 46.9 Å². The monoisotopic (exact) mass is 558 g/mol. The fraction of sp³-hybridized carbons (Fsp3) is 0.250.